The Hall–Kier alpha value is -0.360. The fourth-order valence-electron chi connectivity index (χ4n) is 1.78. The summed E-state index contributed by atoms with van der Waals surface area (Å²) < 4.78 is 5.83. The molecule has 1 fully saturated rings. The molecule has 0 aromatic carbocycles. The highest BCUT2D eigenvalue weighted by Crippen LogP contribution is 2.17. The molecule has 1 atom stereocenters. The predicted molar refractivity (Wildman–Crippen MR) is 71.7 cm³/mol. The highest BCUT2D eigenvalue weighted by atomic mass is 35.5. The average molecular weight is 276 g/mol. The van der Waals surface area contributed by atoms with Gasteiger partial charge >= 0.3 is 0 Å². The molecule has 1 aliphatic heterocycles. The van der Waals surface area contributed by atoms with E-state index >= 15 is 0 Å². The minimum absolute atomic E-state index is 0. The maximum absolute atomic E-state index is 5.83. The third kappa shape index (κ3) is 4.43. The Kier molecular flexibility index (Phi) is 6.80. The van der Waals surface area contributed by atoms with E-state index in [4.69, 9.17) is 4.74 Å². The van der Waals surface area contributed by atoms with Gasteiger partial charge in [-0.1, -0.05) is 0 Å². The number of piperidine rings is 1. The number of nitrogens with zero attached hydrogens (tertiary/aromatic N) is 2. The summed E-state index contributed by atoms with van der Waals surface area (Å²) in [6.07, 6.45) is 8.11. The van der Waals surface area contributed by atoms with Crippen molar-refractivity contribution in [2.75, 3.05) is 19.3 Å². The summed E-state index contributed by atoms with van der Waals surface area (Å²) in [7, 11) is 0. The summed E-state index contributed by atoms with van der Waals surface area (Å²) in [5, 5.41) is 4.30. The summed E-state index contributed by atoms with van der Waals surface area (Å²) >= 11 is 1.61. The number of rotatable bonds is 4. The molecule has 96 valence electrons. The van der Waals surface area contributed by atoms with E-state index in [-0.39, 0.29) is 12.4 Å². The molecule has 2 rings (SSSR count). The number of hydrogen-bond donors (Lipinski definition) is 1. The van der Waals surface area contributed by atoms with Gasteiger partial charge in [-0.25, -0.2) is 4.98 Å². The molecule has 0 amide bonds. The van der Waals surface area contributed by atoms with Crippen LogP contribution < -0.4 is 5.32 Å². The largest absolute Gasteiger partial charge is 0.370 e. The van der Waals surface area contributed by atoms with Gasteiger partial charge < -0.3 is 10.1 Å². The van der Waals surface area contributed by atoms with Crippen LogP contribution in [0.25, 0.3) is 0 Å². The minimum Gasteiger partial charge on any atom is -0.370 e. The minimum atomic E-state index is 0. The molecule has 1 unspecified atom stereocenters. The lowest BCUT2D eigenvalue weighted by Gasteiger charge is -2.23. The van der Waals surface area contributed by atoms with E-state index in [1.807, 2.05) is 6.26 Å². The maximum atomic E-state index is 5.83. The Morgan fingerprint density at radius 1 is 1.47 bits per heavy atom. The second-order valence-electron chi connectivity index (χ2n) is 3.79. The van der Waals surface area contributed by atoms with Gasteiger partial charge in [0.1, 0.15) is 5.03 Å². The van der Waals surface area contributed by atoms with E-state index < -0.39 is 0 Å². The van der Waals surface area contributed by atoms with Crippen LogP contribution in [0.5, 0.6) is 0 Å². The van der Waals surface area contributed by atoms with Crippen LogP contribution in [0.1, 0.15) is 18.5 Å². The van der Waals surface area contributed by atoms with Crippen LogP contribution in [0.3, 0.4) is 0 Å². The van der Waals surface area contributed by atoms with Crippen molar-refractivity contribution in [3.8, 4) is 0 Å². The second kappa shape index (κ2) is 7.87. The zero-order chi connectivity index (χ0) is 11.2. The Balaban J connectivity index is 0.00000144. The summed E-state index contributed by atoms with van der Waals surface area (Å²) in [4.78, 5) is 8.57. The molecule has 0 spiro atoms. The first-order valence-electron chi connectivity index (χ1n) is 5.56. The number of thioether (sulfide) groups is 1. The Bertz CT molecular complexity index is 334. The van der Waals surface area contributed by atoms with E-state index in [2.05, 4.69) is 15.3 Å². The van der Waals surface area contributed by atoms with Crippen LogP contribution in [0.4, 0.5) is 0 Å². The van der Waals surface area contributed by atoms with E-state index in [1.165, 1.54) is 6.42 Å². The highest BCUT2D eigenvalue weighted by Gasteiger charge is 2.14. The molecule has 1 aliphatic rings. The first-order chi connectivity index (χ1) is 7.90. The standard InChI is InChI=1S/C11H17N3OS.ClH/c1-16-11-10(13-5-6-14-11)8-15-9-3-2-4-12-7-9;/h5-6,9,12H,2-4,7-8H2,1H3;1H. The van der Waals surface area contributed by atoms with Crippen molar-refractivity contribution in [1.29, 1.82) is 0 Å². The second-order valence-corrected chi connectivity index (χ2v) is 4.59. The fourth-order valence-corrected chi connectivity index (χ4v) is 2.30. The summed E-state index contributed by atoms with van der Waals surface area (Å²) in [5.74, 6) is 0. The van der Waals surface area contributed by atoms with Gasteiger partial charge in [0, 0.05) is 18.9 Å². The first kappa shape index (κ1) is 14.7. The van der Waals surface area contributed by atoms with E-state index in [0.717, 1.165) is 30.2 Å². The lowest BCUT2D eigenvalue weighted by molar-refractivity contribution is 0.0222. The van der Waals surface area contributed by atoms with E-state index in [9.17, 15) is 0 Å². The van der Waals surface area contributed by atoms with Crippen molar-refractivity contribution < 1.29 is 4.74 Å². The average Bonchev–Trinajstić information content (AvgIpc) is 2.38. The number of ether oxygens (including phenoxy) is 1. The van der Waals surface area contributed by atoms with Gasteiger partial charge in [-0.15, -0.1) is 24.2 Å². The van der Waals surface area contributed by atoms with Gasteiger partial charge in [-0.2, -0.15) is 0 Å². The number of halogens is 1. The molecule has 1 aromatic rings. The SMILES string of the molecule is CSc1nccnc1COC1CCCNC1.Cl. The monoisotopic (exact) mass is 275 g/mol. The zero-order valence-corrected chi connectivity index (χ0v) is 11.5. The number of aromatic nitrogens is 2. The smallest absolute Gasteiger partial charge is 0.120 e. The van der Waals surface area contributed by atoms with E-state index in [0.29, 0.717) is 12.7 Å². The predicted octanol–water partition coefficient (Wildman–Crippen LogP) is 1.89. The van der Waals surface area contributed by atoms with Gasteiger partial charge in [0.05, 0.1) is 18.4 Å². The van der Waals surface area contributed by atoms with Crippen LogP contribution in [-0.4, -0.2) is 35.4 Å². The molecule has 6 heteroatoms. The summed E-state index contributed by atoms with van der Waals surface area (Å²) in [5.41, 5.74) is 0.945. The van der Waals surface area contributed by atoms with Gasteiger partial charge in [0.25, 0.3) is 0 Å². The van der Waals surface area contributed by atoms with Crippen molar-refractivity contribution in [2.24, 2.45) is 0 Å². The summed E-state index contributed by atoms with van der Waals surface area (Å²) in [6.45, 7) is 2.63. The third-order valence-corrected chi connectivity index (χ3v) is 3.36. The topological polar surface area (TPSA) is 47.0 Å². The van der Waals surface area contributed by atoms with Crippen molar-refractivity contribution in [2.45, 2.75) is 30.6 Å². The highest BCUT2D eigenvalue weighted by molar-refractivity contribution is 7.98. The van der Waals surface area contributed by atoms with Crippen molar-refractivity contribution in [1.82, 2.24) is 15.3 Å². The fraction of sp³-hybridized carbons (Fsp3) is 0.636. The molecule has 2 heterocycles. The molecule has 0 radical (unpaired) electrons. The Morgan fingerprint density at radius 2 is 2.29 bits per heavy atom. The van der Waals surface area contributed by atoms with Gasteiger partial charge in [-0.3, -0.25) is 4.98 Å². The lowest BCUT2D eigenvalue weighted by Crippen LogP contribution is -2.35. The van der Waals surface area contributed by atoms with Crippen molar-refractivity contribution in [3.05, 3.63) is 18.1 Å². The first-order valence-corrected chi connectivity index (χ1v) is 6.79. The molecule has 0 aliphatic carbocycles. The Labute approximate surface area is 112 Å². The molecule has 0 bridgehead atoms. The van der Waals surface area contributed by atoms with Gasteiger partial charge in [-0.05, 0) is 25.6 Å². The van der Waals surface area contributed by atoms with Gasteiger partial charge in [0.15, 0.2) is 0 Å². The maximum Gasteiger partial charge on any atom is 0.120 e. The molecule has 0 saturated carbocycles. The molecular formula is C11H18ClN3OS. The quantitative estimate of drug-likeness (QED) is 0.851. The van der Waals surface area contributed by atoms with E-state index in [1.54, 1.807) is 24.2 Å². The molecule has 4 nitrogen and oxygen atoms in total. The number of hydrogen-bond acceptors (Lipinski definition) is 5. The molecule has 1 saturated heterocycles. The normalized spacial score (nSPS) is 19.7. The van der Waals surface area contributed by atoms with Crippen molar-refractivity contribution >= 4 is 24.2 Å². The molecule has 17 heavy (non-hydrogen) atoms. The van der Waals surface area contributed by atoms with Gasteiger partial charge in [0.2, 0.25) is 0 Å². The summed E-state index contributed by atoms with van der Waals surface area (Å²) in [6, 6.07) is 0. The zero-order valence-electron chi connectivity index (χ0n) is 9.89. The van der Waals surface area contributed by atoms with Crippen LogP contribution >= 0.6 is 24.2 Å². The van der Waals surface area contributed by atoms with Crippen LogP contribution in [0, 0.1) is 0 Å². The molecule has 1 N–H and O–H groups in total. The van der Waals surface area contributed by atoms with Crippen LogP contribution in [0.2, 0.25) is 0 Å². The Morgan fingerprint density at radius 3 is 3.00 bits per heavy atom. The molecule has 1 aromatic heterocycles. The third-order valence-electron chi connectivity index (χ3n) is 2.64. The lowest BCUT2D eigenvalue weighted by atomic mass is 10.1. The van der Waals surface area contributed by atoms with Crippen molar-refractivity contribution in [3.63, 3.8) is 0 Å². The molecular weight excluding hydrogens is 258 g/mol. The van der Waals surface area contributed by atoms with Crippen LogP contribution in [-0.2, 0) is 11.3 Å². The van der Waals surface area contributed by atoms with Crippen LogP contribution in [0.15, 0.2) is 17.4 Å². The number of nitrogens with one attached hydrogen (secondary N) is 1.